The third-order valence-corrected chi connectivity index (χ3v) is 4.49. The summed E-state index contributed by atoms with van der Waals surface area (Å²) in [5.74, 6) is 0.868. The fraction of sp³-hybridized carbons (Fsp3) is 0.615. The molecule has 102 valence electrons. The summed E-state index contributed by atoms with van der Waals surface area (Å²) < 4.78 is 5.05. The average molecular weight is 282 g/mol. The Kier molecular flexibility index (Phi) is 3.09. The quantitative estimate of drug-likeness (QED) is 0.792. The van der Waals surface area contributed by atoms with Crippen LogP contribution in [-0.4, -0.2) is 35.4 Å². The Labute approximate surface area is 116 Å². The normalized spacial score (nSPS) is 24.3. The van der Waals surface area contributed by atoms with E-state index in [0.717, 1.165) is 38.2 Å². The standard InChI is InChI=1S/C13H16ClN3O2/c1-19-12-15-6-2-10(16-12)17-7-3-9(11(14)18)13(8-17)4-5-13/h2,6,9H,3-5,7-8H2,1H3. The molecule has 1 unspecified atom stereocenters. The van der Waals surface area contributed by atoms with Crippen molar-refractivity contribution in [2.24, 2.45) is 11.3 Å². The van der Waals surface area contributed by atoms with Gasteiger partial charge in [-0.3, -0.25) is 4.79 Å². The van der Waals surface area contributed by atoms with Crippen LogP contribution in [0, 0.1) is 11.3 Å². The van der Waals surface area contributed by atoms with Gasteiger partial charge in [0, 0.05) is 25.2 Å². The van der Waals surface area contributed by atoms with E-state index in [1.807, 2.05) is 6.07 Å². The molecule has 1 saturated carbocycles. The molecule has 1 aromatic rings. The first kappa shape index (κ1) is 12.7. The first-order chi connectivity index (χ1) is 9.14. The number of halogens is 1. The van der Waals surface area contributed by atoms with Gasteiger partial charge in [0.1, 0.15) is 5.82 Å². The molecular formula is C13H16ClN3O2. The maximum atomic E-state index is 11.5. The molecule has 0 aromatic carbocycles. The van der Waals surface area contributed by atoms with Gasteiger partial charge in [0.05, 0.1) is 7.11 Å². The SMILES string of the molecule is COc1nccc(N2CCC(C(=O)Cl)C3(CC3)C2)n1. The van der Waals surface area contributed by atoms with Gasteiger partial charge in [-0.2, -0.15) is 4.98 Å². The Balaban J connectivity index is 1.79. The zero-order valence-corrected chi connectivity index (χ0v) is 11.6. The number of methoxy groups -OCH3 is 1. The van der Waals surface area contributed by atoms with Crippen LogP contribution < -0.4 is 9.64 Å². The number of anilines is 1. The molecule has 1 saturated heterocycles. The minimum absolute atomic E-state index is 0.00847. The van der Waals surface area contributed by atoms with Gasteiger partial charge >= 0.3 is 6.01 Å². The summed E-state index contributed by atoms with van der Waals surface area (Å²) in [5, 5.41) is -0.183. The van der Waals surface area contributed by atoms with Gasteiger partial charge in [-0.15, -0.1) is 0 Å². The van der Waals surface area contributed by atoms with Crippen LogP contribution in [-0.2, 0) is 4.79 Å². The van der Waals surface area contributed by atoms with Gasteiger partial charge in [-0.05, 0) is 42.3 Å². The van der Waals surface area contributed by atoms with Gasteiger partial charge in [0.2, 0.25) is 5.24 Å². The molecule has 1 spiro atoms. The molecule has 2 heterocycles. The Hall–Kier alpha value is -1.36. The van der Waals surface area contributed by atoms with Crippen molar-refractivity contribution in [3.8, 4) is 6.01 Å². The fourth-order valence-corrected chi connectivity index (χ4v) is 3.32. The molecule has 1 aromatic heterocycles. The summed E-state index contributed by atoms with van der Waals surface area (Å²) in [5.41, 5.74) is 0.0786. The van der Waals surface area contributed by atoms with Crippen molar-refractivity contribution in [3.05, 3.63) is 12.3 Å². The topological polar surface area (TPSA) is 55.3 Å². The van der Waals surface area contributed by atoms with Crippen LogP contribution >= 0.6 is 11.6 Å². The number of hydrogen-bond acceptors (Lipinski definition) is 5. The highest BCUT2D eigenvalue weighted by atomic mass is 35.5. The molecule has 19 heavy (non-hydrogen) atoms. The van der Waals surface area contributed by atoms with E-state index >= 15 is 0 Å². The number of ether oxygens (including phenoxy) is 1. The van der Waals surface area contributed by atoms with Crippen molar-refractivity contribution in [1.82, 2.24) is 9.97 Å². The van der Waals surface area contributed by atoms with E-state index in [0.29, 0.717) is 6.01 Å². The third kappa shape index (κ3) is 2.27. The van der Waals surface area contributed by atoms with Gasteiger partial charge in [-0.1, -0.05) is 0 Å². The molecule has 6 heteroatoms. The van der Waals surface area contributed by atoms with Gasteiger partial charge in [-0.25, -0.2) is 4.98 Å². The van der Waals surface area contributed by atoms with Gasteiger partial charge < -0.3 is 9.64 Å². The Bertz CT molecular complexity index is 504. The second-order valence-corrected chi connectivity index (χ2v) is 5.70. The molecule has 1 atom stereocenters. The summed E-state index contributed by atoms with van der Waals surface area (Å²) in [6.45, 7) is 1.64. The van der Waals surface area contributed by atoms with Crippen LogP contribution in [0.3, 0.4) is 0 Å². The van der Waals surface area contributed by atoms with Crippen LogP contribution in [0.4, 0.5) is 5.82 Å². The number of piperidine rings is 1. The molecule has 3 rings (SSSR count). The molecule has 1 aliphatic carbocycles. The van der Waals surface area contributed by atoms with Gasteiger partial charge in [0.25, 0.3) is 0 Å². The number of carbonyl (C=O) groups is 1. The van der Waals surface area contributed by atoms with Crippen molar-refractivity contribution in [1.29, 1.82) is 0 Å². The molecule has 0 bridgehead atoms. The number of nitrogens with zero attached hydrogens (tertiary/aromatic N) is 3. The van der Waals surface area contributed by atoms with Crippen molar-refractivity contribution in [2.75, 3.05) is 25.1 Å². The first-order valence-corrected chi connectivity index (χ1v) is 6.84. The van der Waals surface area contributed by atoms with Crippen LogP contribution in [0.15, 0.2) is 12.3 Å². The van der Waals surface area contributed by atoms with Crippen LogP contribution in [0.1, 0.15) is 19.3 Å². The Morgan fingerprint density at radius 2 is 2.37 bits per heavy atom. The highest BCUT2D eigenvalue weighted by Crippen LogP contribution is 2.56. The van der Waals surface area contributed by atoms with E-state index in [1.165, 1.54) is 0 Å². The molecule has 2 fully saturated rings. The number of carbonyl (C=O) groups excluding carboxylic acids is 1. The van der Waals surface area contributed by atoms with Crippen molar-refractivity contribution in [3.63, 3.8) is 0 Å². The number of aromatic nitrogens is 2. The number of hydrogen-bond donors (Lipinski definition) is 0. The molecular weight excluding hydrogens is 266 g/mol. The fourth-order valence-electron chi connectivity index (χ4n) is 2.98. The molecule has 2 aliphatic rings. The molecule has 0 N–H and O–H groups in total. The Morgan fingerprint density at radius 3 is 3.00 bits per heavy atom. The summed E-state index contributed by atoms with van der Waals surface area (Å²) >= 11 is 5.72. The highest BCUT2D eigenvalue weighted by molar-refractivity contribution is 6.64. The van der Waals surface area contributed by atoms with Gasteiger partial charge in [0.15, 0.2) is 0 Å². The minimum Gasteiger partial charge on any atom is -0.467 e. The zero-order valence-electron chi connectivity index (χ0n) is 10.8. The zero-order chi connectivity index (χ0) is 13.5. The Morgan fingerprint density at radius 1 is 1.58 bits per heavy atom. The maximum absolute atomic E-state index is 11.5. The lowest BCUT2D eigenvalue weighted by atomic mass is 9.83. The first-order valence-electron chi connectivity index (χ1n) is 6.46. The van der Waals surface area contributed by atoms with E-state index < -0.39 is 0 Å². The predicted octanol–water partition coefficient (Wildman–Crippen LogP) is 1.86. The van der Waals surface area contributed by atoms with Crippen molar-refractivity contribution >= 4 is 22.7 Å². The molecule has 0 amide bonds. The van der Waals surface area contributed by atoms with Crippen LogP contribution in [0.25, 0.3) is 0 Å². The molecule has 0 radical (unpaired) electrons. The summed E-state index contributed by atoms with van der Waals surface area (Å²) in [6, 6.07) is 2.25. The van der Waals surface area contributed by atoms with E-state index in [-0.39, 0.29) is 16.6 Å². The van der Waals surface area contributed by atoms with E-state index in [9.17, 15) is 4.79 Å². The van der Waals surface area contributed by atoms with Crippen molar-refractivity contribution in [2.45, 2.75) is 19.3 Å². The maximum Gasteiger partial charge on any atom is 0.318 e. The van der Waals surface area contributed by atoms with E-state index in [1.54, 1.807) is 13.3 Å². The predicted molar refractivity (Wildman–Crippen MR) is 71.4 cm³/mol. The smallest absolute Gasteiger partial charge is 0.318 e. The van der Waals surface area contributed by atoms with Crippen LogP contribution in [0.5, 0.6) is 6.01 Å². The summed E-state index contributed by atoms with van der Waals surface area (Å²) in [4.78, 5) is 22.1. The van der Waals surface area contributed by atoms with Crippen LogP contribution in [0.2, 0.25) is 0 Å². The second kappa shape index (κ2) is 4.63. The van der Waals surface area contributed by atoms with Crippen molar-refractivity contribution < 1.29 is 9.53 Å². The number of rotatable bonds is 3. The average Bonchev–Trinajstić information content (AvgIpc) is 3.18. The lowest BCUT2D eigenvalue weighted by Crippen LogP contribution is -2.44. The molecule has 5 nitrogen and oxygen atoms in total. The largest absolute Gasteiger partial charge is 0.467 e. The molecule has 1 aliphatic heterocycles. The monoisotopic (exact) mass is 281 g/mol. The second-order valence-electron chi connectivity index (χ2n) is 5.33. The van der Waals surface area contributed by atoms with E-state index in [4.69, 9.17) is 16.3 Å². The lowest BCUT2D eigenvalue weighted by Gasteiger charge is -2.38. The minimum atomic E-state index is -0.183. The van der Waals surface area contributed by atoms with E-state index in [2.05, 4.69) is 14.9 Å². The lowest BCUT2D eigenvalue weighted by molar-refractivity contribution is -0.117. The highest BCUT2D eigenvalue weighted by Gasteiger charge is 2.54. The summed E-state index contributed by atoms with van der Waals surface area (Å²) in [6.07, 6.45) is 4.65. The third-order valence-electron chi connectivity index (χ3n) is 4.22. The summed E-state index contributed by atoms with van der Waals surface area (Å²) in [7, 11) is 1.56.